The SMILES string of the molecule is CC(C(=O)[O-])N1C(=O)c2ccccc2C1=O.CC(C)=CCCC(C)C/C=N\N=C(\N)[S-].[Co+2]. The van der Waals surface area contributed by atoms with Crippen molar-refractivity contribution in [2.45, 2.75) is 53.0 Å². The van der Waals surface area contributed by atoms with Crippen LogP contribution in [0.1, 0.15) is 67.7 Å². The molecule has 0 aliphatic carbocycles. The van der Waals surface area contributed by atoms with Gasteiger partial charge in [0.2, 0.25) is 0 Å². The van der Waals surface area contributed by atoms with Gasteiger partial charge in [-0.3, -0.25) is 14.5 Å². The topological polar surface area (TPSA) is 128 Å². The maximum atomic E-state index is 11.8. The van der Waals surface area contributed by atoms with Crippen molar-refractivity contribution in [2.75, 3.05) is 0 Å². The van der Waals surface area contributed by atoms with Crippen molar-refractivity contribution in [1.29, 1.82) is 0 Å². The summed E-state index contributed by atoms with van der Waals surface area (Å²) in [4.78, 5) is 34.9. The number of rotatable bonds is 8. The number of nitrogens with two attached hydrogens (primary N) is 1. The van der Waals surface area contributed by atoms with Crippen molar-refractivity contribution in [3.05, 3.63) is 47.0 Å². The standard InChI is InChI=1S/C11H21N3S.C11H9NO4.Co/c1-9(2)5-4-6-10(3)7-8-13-14-11(12)15;1-6(11(15)16)12-9(13)7-4-2-3-5-8(7)10(12)14;/h5,8,10H,4,6-7H2,1-3H3,(H3,12,14,15);2-6H,1H3,(H,15,16);/q;;+2/p-2/b13-8-;;. The zero-order chi connectivity index (χ0) is 23.6. The molecule has 10 heteroatoms. The van der Waals surface area contributed by atoms with E-state index >= 15 is 0 Å². The molecule has 0 bridgehead atoms. The van der Waals surface area contributed by atoms with Crippen molar-refractivity contribution >= 4 is 41.8 Å². The molecule has 175 valence electrons. The van der Waals surface area contributed by atoms with E-state index in [2.05, 4.69) is 49.7 Å². The molecular weight excluding hydrogens is 475 g/mol. The third kappa shape index (κ3) is 9.29. The number of allylic oxidation sites excluding steroid dienone is 2. The average Bonchev–Trinajstić information content (AvgIpc) is 2.95. The smallest absolute Gasteiger partial charge is 0.741 e. The van der Waals surface area contributed by atoms with Crippen LogP contribution in [0.15, 0.2) is 46.1 Å². The predicted molar refractivity (Wildman–Crippen MR) is 121 cm³/mol. The van der Waals surface area contributed by atoms with Gasteiger partial charge < -0.3 is 28.3 Å². The monoisotopic (exact) mass is 503 g/mol. The van der Waals surface area contributed by atoms with E-state index in [1.807, 2.05) is 0 Å². The van der Waals surface area contributed by atoms with E-state index in [0.29, 0.717) is 10.8 Å². The van der Waals surface area contributed by atoms with Gasteiger partial charge in [-0.25, -0.2) is 0 Å². The molecule has 1 aromatic rings. The quantitative estimate of drug-likeness (QED) is 0.144. The summed E-state index contributed by atoms with van der Waals surface area (Å²) in [7, 11) is 0. The second kappa shape index (κ2) is 14.5. The van der Waals surface area contributed by atoms with E-state index in [4.69, 9.17) is 5.73 Å². The molecule has 0 aromatic heterocycles. The molecule has 8 nitrogen and oxygen atoms in total. The molecular formula is C22H28CoN4O4S. The molecule has 0 saturated carbocycles. The van der Waals surface area contributed by atoms with Gasteiger partial charge >= 0.3 is 16.8 Å². The fraction of sp³-hybridized carbons (Fsp3) is 0.409. The van der Waals surface area contributed by atoms with Crippen LogP contribution in [0.2, 0.25) is 0 Å². The van der Waals surface area contributed by atoms with Crippen LogP contribution < -0.4 is 10.8 Å². The summed E-state index contributed by atoms with van der Waals surface area (Å²) < 4.78 is 0. The zero-order valence-electron chi connectivity index (χ0n) is 18.5. The normalized spacial score (nSPS) is 14.8. The first kappa shape index (κ1) is 29.4. The number of hydrogen-bond acceptors (Lipinski definition) is 7. The van der Waals surface area contributed by atoms with Crippen LogP contribution in [-0.4, -0.2) is 40.1 Å². The van der Waals surface area contributed by atoms with E-state index in [-0.39, 0.29) is 33.1 Å². The number of fused-ring (bicyclic) bond motifs is 1. The molecule has 2 unspecified atom stereocenters. The van der Waals surface area contributed by atoms with Gasteiger partial charge in [0.15, 0.2) is 0 Å². The van der Waals surface area contributed by atoms with Crippen molar-refractivity contribution in [1.82, 2.24) is 4.90 Å². The van der Waals surface area contributed by atoms with Gasteiger partial charge in [0, 0.05) is 6.21 Å². The van der Waals surface area contributed by atoms with E-state index < -0.39 is 23.8 Å². The maximum Gasteiger partial charge on any atom is 2.00 e. The second-order valence-electron chi connectivity index (χ2n) is 7.46. The largest absolute Gasteiger partial charge is 2.00 e. The fourth-order valence-electron chi connectivity index (χ4n) is 2.76. The molecule has 1 aromatic carbocycles. The number of amides is 2. The van der Waals surface area contributed by atoms with Gasteiger partial charge in [0.1, 0.15) is 0 Å². The minimum absolute atomic E-state index is 0. The molecule has 2 amide bonds. The Hall–Kier alpha value is -2.56. The van der Waals surface area contributed by atoms with Crippen LogP contribution in [0.3, 0.4) is 0 Å². The molecule has 1 aliphatic rings. The number of hydrogen-bond donors (Lipinski definition) is 1. The summed E-state index contributed by atoms with van der Waals surface area (Å²) in [6.07, 6.45) is 7.25. The van der Waals surface area contributed by atoms with E-state index in [0.717, 1.165) is 12.8 Å². The Bertz CT molecular complexity index is 859. The average molecular weight is 503 g/mol. The first-order valence-corrected chi connectivity index (χ1v) is 10.3. The first-order chi connectivity index (χ1) is 14.6. The number of benzene rings is 1. The molecule has 2 N–H and O–H groups in total. The number of nitrogens with zero attached hydrogens (tertiary/aromatic N) is 3. The van der Waals surface area contributed by atoms with E-state index in [1.54, 1.807) is 18.3 Å². The molecule has 32 heavy (non-hydrogen) atoms. The van der Waals surface area contributed by atoms with Crippen molar-refractivity contribution < 1.29 is 36.3 Å². The molecule has 0 spiro atoms. The molecule has 2 atom stereocenters. The van der Waals surface area contributed by atoms with E-state index in [9.17, 15) is 19.5 Å². The molecule has 2 rings (SSSR count). The maximum absolute atomic E-state index is 11.8. The summed E-state index contributed by atoms with van der Waals surface area (Å²) in [5, 5.41) is 18.1. The van der Waals surface area contributed by atoms with Crippen LogP contribution in [0.25, 0.3) is 0 Å². The third-order valence-corrected chi connectivity index (χ3v) is 4.59. The Kier molecular flexibility index (Phi) is 13.3. The summed E-state index contributed by atoms with van der Waals surface area (Å²) in [6.45, 7) is 7.68. The Morgan fingerprint density at radius 2 is 1.72 bits per heavy atom. The fourth-order valence-corrected chi connectivity index (χ4v) is 2.81. The first-order valence-electron chi connectivity index (χ1n) is 9.89. The predicted octanol–water partition coefficient (Wildman–Crippen LogP) is 2.02. The Balaban J connectivity index is 0.000000585. The van der Waals surface area contributed by atoms with Gasteiger partial charge in [-0.1, -0.05) is 30.7 Å². The molecule has 1 heterocycles. The Morgan fingerprint density at radius 3 is 2.16 bits per heavy atom. The van der Waals surface area contributed by atoms with Crippen LogP contribution in [0, 0.1) is 5.92 Å². The van der Waals surface area contributed by atoms with Crippen LogP contribution in [0.5, 0.6) is 0 Å². The van der Waals surface area contributed by atoms with Gasteiger partial charge in [-0.15, -0.1) is 0 Å². The summed E-state index contributed by atoms with van der Waals surface area (Å²) in [5.74, 6) is -2.00. The Morgan fingerprint density at radius 1 is 1.19 bits per heavy atom. The van der Waals surface area contributed by atoms with E-state index in [1.165, 1.54) is 31.1 Å². The summed E-state index contributed by atoms with van der Waals surface area (Å²) in [6, 6.07) is 4.98. The number of imide groups is 1. The van der Waals surface area contributed by atoms with Crippen molar-refractivity contribution in [3.8, 4) is 0 Å². The minimum Gasteiger partial charge on any atom is -0.741 e. The summed E-state index contributed by atoms with van der Waals surface area (Å²) >= 11 is 4.56. The molecule has 1 aliphatic heterocycles. The van der Waals surface area contributed by atoms with Crippen molar-refractivity contribution in [3.63, 3.8) is 0 Å². The second-order valence-corrected chi connectivity index (χ2v) is 7.88. The molecule has 0 saturated heterocycles. The number of carboxylic acids is 1. The van der Waals surface area contributed by atoms with Gasteiger partial charge in [-0.2, -0.15) is 10.2 Å². The number of carbonyl (C=O) groups excluding carboxylic acids is 3. The summed E-state index contributed by atoms with van der Waals surface area (Å²) in [5.41, 5.74) is 7.01. The van der Waals surface area contributed by atoms with Crippen molar-refractivity contribution in [2.24, 2.45) is 21.9 Å². The number of carboxylic acid groups (broad SMARTS) is 1. The number of aliphatic carboxylic acids is 1. The van der Waals surface area contributed by atoms with Crippen LogP contribution in [0.4, 0.5) is 0 Å². The minimum atomic E-state index is -1.45. The van der Waals surface area contributed by atoms with Crippen LogP contribution in [-0.2, 0) is 34.2 Å². The van der Waals surface area contributed by atoms with Gasteiger partial charge in [0.25, 0.3) is 11.8 Å². The zero-order valence-corrected chi connectivity index (χ0v) is 20.4. The van der Waals surface area contributed by atoms with Gasteiger partial charge in [-0.05, 0) is 63.3 Å². The van der Waals surface area contributed by atoms with Crippen LogP contribution >= 0.6 is 0 Å². The van der Waals surface area contributed by atoms with Gasteiger partial charge in [0.05, 0.1) is 23.1 Å². The number of carbonyl (C=O) groups is 3. The molecule has 1 radical (unpaired) electrons. The Labute approximate surface area is 204 Å². The number of amidine groups is 1. The third-order valence-electron chi connectivity index (χ3n) is 4.51. The molecule has 0 fully saturated rings.